The van der Waals surface area contributed by atoms with Gasteiger partial charge < -0.3 is 15.3 Å². The van der Waals surface area contributed by atoms with Gasteiger partial charge in [-0.05, 0) is 65.1 Å². The molecular formula is C21H16O5. The maximum absolute atomic E-state index is 11.0. The summed E-state index contributed by atoms with van der Waals surface area (Å²) < 4.78 is 0. The zero-order valence-electron chi connectivity index (χ0n) is 13.7. The molecule has 0 aliphatic heterocycles. The SMILES string of the molecule is O=C(O)c1ccc2c(c1)Cc1ccc(C(=O)O)cc1-2.Oc1ccccc1. The number of phenols is 1. The number of aromatic hydroxyl groups is 1. The molecule has 4 rings (SSSR count). The fourth-order valence-corrected chi connectivity index (χ4v) is 2.88. The van der Waals surface area contributed by atoms with Crippen LogP contribution in [0, 0.1) is 0 Å². The molecule has 0 atom stereocenters. The highest BCUT2D eigenvalue weighted by molar-refractivity contribution is 5.93. The van der Waals surface area contributed by atoms with Crippen molar-refractivity contribution in [1.82, 2.24) is 0 Å². The molecule has 1 aliphatic rings. The Kier molecular flexibility index (Phi) is 4.71. The normalized spacial score (nSPS) is 10.9. The number of rotatable bonds is 2. The third kappa shape index (κ3) is 3.57. The van der Waals surface area contributed by atoms with Crippen LogP contribution in [0.15, 0.2) is 66.7 Å². The van der Waals surface area contributed by atoms with Crippen molar-refractivity contribution in [3.63, 3.8) is 0 Å². The van der Waals surface area contributed by atoms with Gasteiger partial charge in [0.15, 0.2) is 0 Å². The van der Waals surface area contributed by atoms with Gasteiger partial charge in [0.05, 0.1) is 11.1 Å². The second kappa shape index (κ2) is 7.11. The fourth-order valence-electron chi connectivity index (χ4n) is 2.88. The summed E-state index contributed by atoms with van der Waals surface area (Å²) in [5.74, 6) is -1.59. The van der Waals surface area contributed by atoms with Crippen LogP contribution in [-0.2, 0) is 6.42 Å². The van der Waals surface area contributed by atoms with Crippen LogP contribution in [0.25, 0.3) is 11.1 Å². The van der Waals surface area contributed by atoms with E-state index in [9.17, 15) is 9.59 Å². The molecule has 0 spiro atoms. The second-order valence-electron chi connectivity index (χ2n) is 5.87. The monoisotopic (exact) mass is 348 g/mol. The van der Waals surface area contributed by atoms with Gasteiger partial charge in [-0.25, -0.2) is 9.59 Å². The molecule has 0 unspecified atom stereocenters. The van der Waals surface area contributed by atoms with Crippen molar-refractivity contribution in [2.24, 2.45) is 0 Å². The molecular weight excluding hydrogens is 332 g/mol. The summed E-state index contributed by atoms with van der Waals surface area (Å²) in [6.45, 7) is 0. The molecule has 5 heteroatoms. The number of benzene rings is 3. The van der Waals surface area contributed by atoms with E-state index in [1.54, 1.807) is 60.7 Å². The Balaban J connectivity index is 0.000000236. The summed E-state index contributed by atoms with van der Waals surface area (Å²) in [4.78, 5) is 21.9. The van der Waals surface area contributed by atoms with Crippen molar-refractivity contribution in [3.8, 4) is 16.9 Å². The van der Waals surface area contributed by atoms with Gasteiger partial charge >= 0.3 is 11.9 Å². The molecule has 0 fully saturated rings. The van der Waals surface area contributed by atoms with Crippen molar-refractivity contribution in [1.29, 1.82) is 0 Å². The first kappa shape index (κ1) is 17.2. The Bertz CT molecular complexity index is 977. The van der Waals surface area contributed by atoms with Crippen molar-refractivity contribution < 1.29 is 24.9 Å². The third-order valence-electron chi connectivity index (χ3n) is 4.14. The highest BCUT2D eigenvalue weighted by Gasteiger charge is 2.21. The average molecular weight is 348 g/mol. The predicted octanol–water partition coefficient (Wildman–Crippen LogP) is 4.05. The number of phenolic OH excluding ortho intramolecular Hbond substituents is 1. The summed E-state index contributed by atoms with van der Waals surface area (Å²) in [7, 11) is 0. The lowest BCUT2D eigenvalue weighted by Gasteiger charge is -2.03. The van der Waals surface area contributed by atoms with Crippen molar-refractivity contribution in [2.75, 3.05) is 0 Å². The van der Waals surface area contributed by atoms with E-state index in [2.05, 4.69) is 0 Å². The third-order valence-corrected chi connectivity index (χ3v) is 4.14. The molecule has 0 aromatic heterocycles. The van der Waals surface area contributed by atoms with Gasteiger partial charge in [0.1, 0.15) is 5.75 Å². The van der Waals surface area contributed by atoms with Gasteiger partial charge in [-0.3, -0.25) is 0 Å². The van der Waals surface area contributed by atoms with Crippen LogP contribution in [0.1, 0.15) is 31.8 Å². The van der Waals surface area contributed by atoms with Crippen LogP contribution in [-0.4, -0.2) is 27.3 Å². The van der Waals surface area contributed by atoms with Crippen molar-refractivity contribution in [2.45, 2.75) is 6.42 Å². The first-order valence-electron chi connectivity index (χ1n) is 7.92. The topological polar surface area (TPSA) is 94.8 Å². The van der Waals surface area contributed by atoms with E-state index in [0.29, 0.717) is 12.2 Å². The Morgan fingerprint density at radius 3 is 1.88 bits per heavy atom. The first-order valence-corrected chi connectivity index (χ1v) is 7.92. The van der Waals surface area contributed by atoms with Crippen LogP contribution >= 0.6 is 0 Å². The van der Waals surface area contributed by atoms with Crippen LogP contribution < -0.4 is 0 Å². The summed E-state index contributed by atoms with van der Waals surface area (Å²) >= 11 is 0. The van der Waals surface area contributed by atoms with Crippen LogP contribution in [0.4, 0.5) is 0 Å². The van der Waals surface area contributed by atoms with Crippen molar-refractivity contribution in [3.05, 3.63) is 89.0 Å². The van der Waals surface area contributed by atoms with Gasteiger partial charge in [-0.2, -0.15) is 0 Å². The van der Waals surface area contributed by atoms with Crippen LogP contribution in [0.2, 0.25) is 0 Å². The molecule has 0 saturated carbocycles. The number of carboxylic acid groups (broad SMARTS) is 2. The Labute approximate surface area is 149 Å². The summed E-state index contributed by atoms with van der Waals surface area (Å²) in [5.41, 5.74) is 4.26. The summed E-state index contributed by atoms with van der Waals surface area (Å²) in [5, 5.41) is 26.6. The molecule has 1 aliphatic carbocycles. The highest BCUT2D eigenvalue weighted by atomic mass is 16.4. The van der Waals surface area contributed by atoms with E-state index in [4.69, 9.17) is 15.3 Å². The molecule has 26 heavy (non-hydrogen) atoms. The molecule has 0 radical (unpaired) electrons. The van der Waals surface area contributed by atoms with Crippen LogP contribution in [0.5, 0.6) is 5.75 Å². The second-order valence-corrected chi connectivity index (χ2v) is 5.87. The Morgan fingerprint density at radius 2 is 1.31 bits per heavy atom. The first-order chi connectivity index (χ1) is 12.5. The van der Waals surface area contributed by atoms with Gasteiger partial charge in [0.25, 0.3) is 0 Å². The van der Waals surface area contributed by atoms with E-state index < -0.39 is 11.9 Å². The largest absolute Gasteiger partial charge is 0.508 e. The minimum absolute atomic E-state index is 0.244. The summed E-state index contributed by atoms with van der Waals surface area (Å²) in [6, 6.07) is 18.7. The number of para-hydroxylation sites is 1. The molecule has 0 amide bonds. The quantitative estimate of drug-likeness (QED) is 0.508. The molecule has 0 heterocycles. The number of carbonyl (C=O) groups is 2. The van der Waals surface area contributed by atoms with Gasteiger partial charge in [0, 0.05) is 0 Å². The number of carboxylic acids is 2. The molecule has 3 aromatic rings. The van der Waals surface area contributed by atoms with Crippen LogP contribution in [0.3, 0.4) is 0 Å². The molecule has 0 bridgehead atoms. The van der Waals surface area contributed by atoms with E-state index in [-0.39, 0.29) is 11.1 Å². The number of hydrogen-bond donors (Lipinski definition) is 3. The zero-order chi connectivity index (χ0) is 18.7. The fraction of sp³-hybridized carbons (Fsp3) is 0.0476. The van der Waals surface area contributed by atoms with Gasteiger partial charge in [-0.1, -0.05) is 30.3 Å². The smallest absolute Gasteiger partial charge is 0.335 e. The van der Waals surface area contributed by atoms with Gasteiger partial charge in [-0.15, -0.1) is 0 Å². The Hall–Kier alpha value is -3.60. The maximum atomic E-state index is 11.0. The Morgan fingerprint density at radius 1 is 0.692 bits per heavy atom. The minimum atomic E-state index is -0.960. The molecule has 130 valence electrons. The lowest BCUT2D eigenvalue weighted by atomic mass is 10.0. The average Bonchev–Trinajstić information content (AvgIpc) is 2.99. The lowest BCUT2D eigenvalue weighted by Crippen LogP contribution is -1.97. The lowest BCUT2D eigenvalue weighted by molar-refractivity contribution is 0.0686. The van der Waals surface area contributed by atoms with Gasteiger partial charge in [0.2, 0.25) is 0 Å². The van der Waals surface area contributed by atoms with E-state index in [0.717, 1.165) is 22.3 Å². The number of hydrogen-bond acceptors (Lipinski definition) is 3. The maximum Gasteiger partial charge on any atom is 0.335 e. The van der Waals surface area contributed by atoms with E-state index >= 15 is 0 Å². The number of aromatic carboxylic acids is 2. The van der Waals surface area contributed by atoms with Crippen molar-refractivity contribution >= 4 is 11.9 Å². The molecule has 3 aromatic carbocycles. The number of fused-ring (bicyclic) bond motifs is 3. The minimum Gasteiger partial charge on any atom is -0.508 e. The molecule has 5 nitrogen and oxygen atoms in total. The summed E-state index contributed by atoms with van der Waals surface area (Å²) in [6.07, 6.45) is 0.645. The molecule has 0 saturated heterocycles. The highest BCUT2D eigenvalue weighted by Crippen LogP contribution is 2.37. The predicted molar refractivity (Wildman–Crippen MR) is 96.7 cm³/mol. The zero-order valence-corrected chi connectivity index (χ0v) is 13.7. The molecule has 3 N–H and O–H groups in total. The standard InChI is InChI=1S/C15H10O4.C6H6O/c16-14(17)9-3-4-12-11(6-9)5-8-1-2-10(15(18)19)7-13(8)12;7-6-4-2-1-3-5-6/h1-4,6-7H,5H2,(H,16,17)(H,18,19);1-5,7H. The van der Waals surface area contributed by atoms with E-state index in [1.807, 2.05) is 6.07 Å². The van der Waals surface area contributed by atoms with E-state index in [1.165, 1.54) is 0 Å².